The second kappa shape index (κ2) is 8.31. The lowest BCUT2D eigenvalue weighted by Gasteiger charge is -2.15. The van der Waals surface area contributed by atoms with E-state index in [-0.39, 0.29) is 5.91 Å². The maximum absolute atomic E-state index is 12.0. The Hall–Kier alpha value is -1.60. The fraction of sp³-hybridized carbons (Fsp3) is 0.400. The highest BCUT2D eigenvalue weighted by atomic mass is 79.9. The highest BCUT2D eigenvalue weighted by Gasteiger charge is 2.15. The van der Waals surface area contributed by atoms with Crippen LogP contribution in [0.5, 0.6) is 5.75 Å². The Balaban J connectivity index is 1.74. The Morgan fingerprint density at radius 1 is 1.52 bits per heavy atom. The van der Waals surface area contributed by atoms with Gasteiger partial charge in [0.15, 0.2) is 11.9 Å². The summed E-state index contributed by atoms with van der Waals surface area (Å²) in [5.41, 5.74) is 0. The van der Waals surface area contributed by atoms with Gasteiger partial charge in [-0.1, -0.05) is 16.8 Å². The lowest BCUT2D eigenvalue weighted by Crippen LogP contribution is -2.37. The van der Waals surface area contributed by atoms with Crippen molar-refractivity contribution in [2.75, 3.05) is 6.54 Å². The highest BCUT2D eigenvalue weighted by molar-refractivity contribution is 9.10. The number of hydrogen-bond donors (Lipinski definition) is 1. The first kappa shape index (κ1) is 17.7. The van der Waals surface area contributed by atoms with E-state index in [9.17, 15) is 4.79 Å². The summed E-state index contributed by atoms with van der Waals surface area (Å²) >= 11 is 9.22. The quantitative estimate of drug-likeness (QED) is 0.719. The molecule has 0 aliphatic rings. The maximum atomic E-state index is 12.0. The van der Waals surface area contributed by atoms with E-state index >= 15 is 0 Å². The van der Waals surface area contributed by atoms with Crippen LogP contribution in [0.2, 0.25) is 5.02 Å². The predicted octanol–water partition coefficient (Wildman–Crippen LogP) is 3.31. The first-order valence-corrected chi connectivity index (χ1v) is 8.31. The van der Waals surface area contributed by atoms with E-state index in [1.807, 2.05) is 0 Å². The van der Waals surface area contributed by atoms with Crippen LogP contribution in [0.15, 0.2) is 27.2 Å². The summed E-state index contributed by atoms with van der Waals surface area (Å²) in [5.74, 6) is 1.57. The Kier molecular flexibility index (Phi) is 6.41. The van der Waals surface area contributed by atoms with Crippen molar-refractivity contribution in [3.05, 3.63) is 39.4 Å². The number of hydrogen-bond acceptors (Lipinski definition) is 5. The molecule has 0 aliphatic heterocycles. The molecule has 6 nitrogen and oxygen atoms in total. The zero-order valence-electron chi connectivity index (χ0n) is 12.8. The van der Waals surface area contributed by atoms with E-state index in [0.29, 0.717) is 46.3 Å². The smallest absolute Gasteiger partial charge is 0.260 e. The predicted molar refractivity (Wildman–Crippen MR) is 89.6 cm³/mol. The largest absolute Gasteiger partial charge is 0.480 e. The topological polar surface area (TPSA) is 77.2 Å². The molecule has 2 rings (SSSR count). The number of rotatable bonds is 7. The minimum absolute atomic E-state index is 0.187. The molecule has 1 unspecified atom stereocenters. The molecule has 1 aromatic carbocycles. The van der Waals surface area contributed by atoms with Crippen LogP contribution in [0.25, 0.3) is 0 Å². The summed E-state index contributed by atoms with van der Waals surface area (Å²) in [6.45, 7) is 3.97. The fourth-order valence-corrected chi connectivity index (χ4v) is 2.63. The molecule has 0 saturated heterocycles. The standard InChI is InChI=1S/C15H17BrClN3O3/c1-9(22-13-6-5-11(17)8-12(13)16)15(21)18-7-3-4-14-19-10(2)20-23-14/h5-6,8-9H,3-4,7H2,1-2H3,(H,18,21). The van der Waals surface area contributed by atoms with Gasteiger partial charge in [-0.15, -0.1) is 0 Å². The summed E-state index contributed by atoms with van der Waals surface area (Å²) in [5, 5.41) is 7.12. The van der Waals surface area contributed by atoms with E-state index in [1.165, 1.54) is 0 Å². The van der Waals surface area contributed by atoms with Crippen LogP contribution in [-0.2, 0) is 11.2 Å². The Morgan fingerprint density at radius 2 is 2.30 bits per heavy atom. The third-order valence-corrected chi connectivity index (χ3v) is 3.86. The van der Waals surface area contributed by atoms with Crippen LogP contribution in [-0.4, -0.2) is 28.7 Å². The van der Waals surface area contributed by atoms with Crippen molar-refractivity contribution in [1.29, 1.82) is 0 Å². The Bertz CT molecular complexity index is 678. The zero-order valence-corrected chi connectivity index (χ0v) is 15.1. The molecule has 8 heteroatoms. The molecule has 23 heavy (non-hydrogen) atoms. The van der Waals surface area contributed by atoms with E-state index < -0.39 is 6.10 Å². The van der Waals surface area contributed by atoms with Crippen molar-refractivity contribution in [3.63, 3.8) is 0 Å². The van der Waals surface area contributed by atoms with Crippen molar-refractivity contribution in [3.8, 4) is 5.75 Å². The van der Waals surface area contributed by atoms with Gasteiger partial charge in [0.05, 0.1) is 4.47 Å². The number of carbonyl (C=O) groups is 1. The van der Waals surface area contributed by atoms with Crippen LogP contribution in [0.3, 0.4) is 0 Å². The molecule has 0 spiro atoms. The number of halogens is 2. The summed E-state index contributed by atoms with van der Waals surface area (Å²) in [4.78, 5) is 16.1. The van der Waals surface area contributed by atoms with Crippen LogP contribution >= 0.6 is 27.5 Å². The van der Waals surface area contributed by atoms with E-state index in [0.717, 1.165) is 0 Å². The van der Waals surface area contributed by atoms with Gasteiger partial charge in [-0.3, -0.25) is 4.79 Å². The average molecular weight is 403 g/mol. The first-order chi connectivity index (χ1) is 11.0. The molecule has 1 amide bonds. The van der Waals surface area contributed by atoms with Gasteiger partial charge in [0.1, 0.15) is 5.75 Å². The molecule has 0 radical (unpaired) electrons. The molecule has 0 fully saturated rings. The van der Waals surface area contributed by atoms with Crippen molar-refractivity contribution >= 4 is 33.4 Å². The molecule has 1 N–H and O–H groups in total. The number of nitrogens with zero attached hydrogens (tertiary/aromatic N) is 2. The molecule has 0 saturated carbocycles. The second-order valence-electron chi connectivity index (χ2n) is 4.96. The van der Waals surface area contributed by atoms with Gasteiger partial charge in [-0.25, -0.2) is 0 Å². The highest BCUT2D eigenvalue weighted by Crippen LogP contribution is 2.28. The van der Waals surface area contributed by atoms with Gasteiger partial charge in [0.25, 0.3) is 5.91 Å². The van der Waals surface area contributed by atoms with Crippen LogP contribution in [0.4, 0.5) is 0 Å². The number of aromatic nitrogens is 2. The van der Waals surface area contributed by atoms with E-state index in [1.54, 1.807) is 32.0 Å². The third kappa shape index (κ3) is 5.51. The Morgan fingerprint density at radius 3 is 2.96 bits per heavy atom. The minimum atomic E-state index is -0.613. The van der Waals surface area contributed by atoms with Crippen molar-refractivity contribution in [2.45, 2.75) is 32.8 Å². The second-order valence-corrected chi connectivity index (χ2v) is 6.26. The molecule has 0 aliphatic carbocycles. The monoisotopic (exact) mass is 401 g/mol. The number of aryl methyl sites for hydroxylation is 2. The van der Waals surface area contributed by atoms with Crippen LogP contribution < -0.4 is 10.1 Å². The molecular formula is C15H17BrClN3O3. The fourth-order valence-electron chi connectivity index (χ4n) is 1.85. The molecule has 0 bridgehead atoms. The number of ether oxygens (including phenoxy) is 1. The van der Waals surface area contributed by atoms with E-state index in [4.69, 9.17) is 20.9 Å². The SMILES string of the molecule is Cc1noc(CCCNC(=O)C(C)Oc2ccc(Cl)cc2Br)n1. The molecule has 1 atom stereocenters. The first-order valence-electron chi connectivity index (χ1n) is 7.14. The maximum Gasteiger partial charge on any atom is 0.260 e. The third-order valence-electron chi connectivity index (χ3n) is 3.00. The van der Waals surface area contributed by atoms with Crippen molar-refractivity contribution in [1.82, 2.24) is 15.5 Å². The molecular weight excluding hydrogens is 386 g/mol. The minimum Gasteiger partial charge on any atom is -0.480 e. The summed E-state index contributed by atoms with van der Waals surface area (Å²) in [7, 11) is 0. The van der Waals surface area contributed by atoms with Gasteiger partial charge in [0.2, 0.25) is 5.89 Å². The number of benzene rings is 1. The number of amides is 1. The number of nitrogens with one attached hydrogen (secondary N) is 1. The lowest BCUT2D eigenvalue weighted by molar-refractivity contribution is -0.127. The lowest BCUT2D eigenvalue weighted by atomic mass is 10.3. The Labute approximate surface area is 147 Å². The van der Waals surface area contributed by atoms with Crippen molar-refractivity contribution < 1.29 is 14.1 Å². The van der Waals surface area contributed by atoms with Crippen LogP contribution in [0, 0.1) is 6.92 Å². The van der Waals surface area contributed by atoms with Gasteiger partial charge in [0, 0.05) is 18.0 Å². The summed E-state index contributed by atoms with van der Waals surface area (Å²) in [6, 6.07) is 5.14. The summed E-state index contributed by atoms with van der Waals surface area (Å²) < 4.78 is 11.3. The average Bonchev–Trinajstić information content (AvgIpc) is 2.91. The van der Waals surface area contributed by atoms with Gasteiger partial charge < -0.3 is 14.6 Å². The zero-order chi connectivity index (χ0) is 16.8. The normalized spacial score (nSPS) is 12.0. The number of carbonyl (C=O) groups excluding carboxylic acids is 1. The van der Waals surface area contributed by atoms with E-state index in [2.05, 4.69) is 31.4 Å². The molecule has 1 heterocycles. The van der Waals surface area contributed by atoms with Crippen LogP contribution in [0.1, 0.15) is 25.1 Å². The van der Waals surface area contributed by atoms with Crippen molar-refractivity contribution in [2.24, 2.45) is 0 Å². The molecule has 124 valence electrons. The van der Waals surface area contributed by atoms with Gasteiger partial charge >= 0.3 is 0 Å². The molecule has 2 aromatic rings. The van der Waals surface area contributed by atoms with Gasteiger partial charge in [-0.2, -0.15) is 4.98 Å². The molecule has 1 aromatic heterocycles. The summed E-state index contributed by atoms with van der Waals surface area (Å²) in [6.07, 6.45) is 0.724. The van der Waals surface area contributed by atoms with Gasteiger partial charge in [-0.05, 0) is 54.4 Å².